The first-order chi connectivity index (χ1) is 14.4. The number of benzene rings is 2. The van der Waals surface area contributed by atoms with Gasteiger partial charge in [0.1, 0.15) is 0 Å². The van der Waals surface area contributed by atoms with Crippen molar-refractivity contribution >= 4 is 49.4 Å². The third-order valence-electron chi connectivity index (χ3n) is 4.61. The Hall–Kier alpha value is -2.81. The predicted octanol–water partition coefficient (Wildman–Crippen LogP) is 4.70. The van der Waals surface area contributed by atoms with Crippen molar-refractivity contribution in [2.45, 2.75) is 0 Å². The molecule has 0 saturated carbocycles. The maximum absolute atomic E-state index is 5.47. The summed E-state index contributed by atoms with van der Waals surface area (Å²) in [6.07, 6.45) is 1.84. The standard InChI is InChI=1S/C21H19N5OS2/c1-2-6-15(7-3-1)19-18(29-21(24-19)26-10-12-27-13-11-26)14-22-25-20-23-16-8-4-5-9-17(16)28-20/h1-9,14H,10-13H2,(H,23,25). The van der Waals surface area contributed by atoms with E-state index < -0.39 is 0 Å². The molecular weight excluding hydrogens is 402 g/mol. The normalized spacial score (nSPS) is 14.7. The number of aromatic nitrogens is 2. The maximum Gasteiger partial charge on any atom is 0.204 e. The van der Waals surface area contributed by atoms with Gasteiger partial charge in [-0.1, -0.05) is 65.1 Å². The number of rotatable bonds is 5. The maximum atomic E-state index is 5.47. The van der Waals surface area contributed by atoms with Crippen molar-refractivity contribution in [1.29, 1.82) is 0 Å². The lowest BCUT2D eigenvalue weighted by molar-refractivity contribution is 0.122. The molecule has 0 spiro atoms. The zero-order chi connectivity index (χ0) is 19.5. The number of hydrogen-bond donors (Lipinski definition) is 1. The van der Waals surface area contributed by atoms with Gasteiger partial charge in [0, 0.05) is 18.7 Å². The van der Waals surface area contributed by atoms with Crippen molar-refractivity contribution in [3.05, 3.63) is 59.5 Å². The second-order valence-electron chi connectivity index (χ2n) is 6.53. The third kappa shape index (κ3) is 4.00. The zero-order valence-electron chi connectivity index (χ0n) is 15.6. The number of fused-ring (bicyclic) bond motifs is 1. The number of thiazole rings is 2. The number of nitrogens with zero attached hydrogens (tertiary/aromatic N) is 4. The fourth-order valence-corrected chi connectivity index (χ4v) is 4.99. The lowest BCUT2D eigenvalue weighted by atomic mass is 10.1. The third-order valence-corrected chi connectivity index (χ3v) is 6.60. The van der Waals surface area contributed by atoms with Gasteiger partial charge in [-0.3, -0.25) is 5.43 Å². The van der Waals surface area contributed by atoms with Crippen LogP contribution in [0.2, 0.25) is 0 Å². The Labute approximate surface area is 176 Å². The molecule has 0 atom stereocenters. The minimum atomic E-state index is 0.739. The van der Waals surface area contributed by atoms with Gasteiger partial charge >= 0.3 is 0 Å². The molecule has 2 aromatic heterocycles. The van der Waals surface area contributed by atoms with Crippen molar-refractivity contribution < 1.29 is 4.74 Å². The number of anilines is 2. The number of hydrazone groups is 1. The van der Waals surface area contributed by atoms with E-state index in [0.717, 1.165) is 62.9 Å². The van der Waals surface area contributed by atoms with Crippen LogP contribution in [0.15, 0.2) is 59.7 Å². The van der Waals surface area contributed by atoms with Gasteiger partial charge in [-0.15, -0.1) is 0 Å². The topological polar surface area (TPSA) is 62.6 Å². The Morgan fingerprint density at radius 3 is 2.59 bits per heavy atom. The van der Waals surface area contributed by atoms with E-state index >= 15 is 0 Å². The van der Waals surface area contributed by atoms with E-state index in [4.69, 9.17) is 9.72 Å². The van der Waals surface area contributed by atoms with E-state index in [0.29, 0.717) is 0 Å². The summed E-state index contributed by atoms with van der Waals surface area (Å²) < 4.78 is 6.62. The van der Waals surface area contributed by atoms with E-state index in [1.54, 1.807) is 22.7 Å². The van der Waals surface area contributed by atoms with Crippen LogP contribution >= 0.6 is 22.7 Å². The molecule has 1 aliphatic heterocycles. The fourth-order valence-electron chi connectivity index (χ4n) is 3.17. The highest BCUT2D eigenvalue weighted by molar-refractivity contribution is 7.22. The molecule has 3 heterocycles. The van der Waals surface area contributed by atoms with Crippen LogP contribution in [0.1, 0.15) is 4.88 Å². The monoisotopic (exact) mass is 421 g/mol. The molecular formula is C21H19N5OS2. The molecule has 146 valence electrons. The number of morpholine rings is 1. The van der Waals surface area contributed by atoms with Crippen LogP contribution in [0.4, 0.5) is 10.3 Å². The quantitative estimate of drug-likeness (QED) is 0.374. The first kappa shape index (κ1) is 18.2. The second kappa shape index (κ2) is 8.28. The van der Waals surface area contributed by atoms with Crippen LogP contribution in [0.25, 0.3) is 21.5 Å². The van der Waals surface area contributed by atoms with Crippen LogP contribution in [-0.4, -0.2) is 42.5 Å². The van der Waals surface area contributed by atoms with Gasteiger partial charge in [0.2, 0.25) is 5.13 Å². The van der Waals surface area contributed by atoms with Gasteiger partial charge in [0.05, 0.1) is 40.2 Å². The Balaban J connectivity index is 1.42. The molecule has 0 unspecified atom stereocenters. The summed E-state index contributed by atoms with van der Waals surface area (Å²) in [5.74, 6) is 0. The summed E-state index contributed by atoms with van der Waals surface area (Å²) in [5.41, 5.74) is 6.09. The van der Waals surface area contributed by atoms with Gasteiger partial charge < -0.3 is 9.64 Å². The van der Waals surface area contributed by atoms with Crippen LogP contribution in [-0.2, 0) is 4.74 Å². The molecule has 1 N–H and O–H groups in total. The van der Waals surface area contributed by atoms with Gasteiger partial charge in [0.15, 0.2) is 5.13 Å². The minimum absolute atomic E-state index is 0.739. The summed E-state index contributed by atoms with van der Waals surface area (Å²) in [4.78, 5) is 12.8. The number of ether oxygens (including phenoxy) is 1. The average molecular weight is 422 g/mol. The molecule has 4 aromatic rings. The molecule has 8 heteroatoms. The van der Waals surface area contributed by atoms with Gasteiger partial charge in [0.25, 0.3) is 0 Å². The van der Waals surface area contributed by atoms with E-state index in [2.05, 4.69) is 38.6 Å². The second-order valence-corrected chi connectivity index (χ2v) is 8.57. The van der Waals surface area contributed by atoms with Crippen molar-refractivity contribution in [3.8, 4) is 11.3 Å². The Morgan fingerprint density at radius 1 is 0.966 bits per heavy atom. The number of para-hydroxylation sites is 1. The summed E-state index contributed by atoms with van der Waals surface area (Å²) in [5, 5.41) is 6.24. The van der Waals surface area contributed by atoms with Crippen LogP contribution < -0.4 is 10.3 Å². The molecule has 1 aliphatic rings. The highest BCUT2D eigenvalue weighted by atomic mass is 32.1. The molecule has 6 nitrogen and oxygen atoms in total. The first-order valence-electron chi connectivity index (χ1n) is 9.40. The SMILES string of the molecule is C(=NNc1nc2ccccc2s1)c1sc(N2CCOCC2)nc1-c1ccccc1. The van der Waals surface area contributed by atoms with E-state index in [-0.39, 0.29) is 0 Å². The van der Waals surface area contributed by atoms with Crippen molar-refractivity contribution in [2.24, 2.45) is 5.10 Å². The van der Waals surface area contributed by atoms with Crippen molar-refractivity contribution in [1.82, 2.24) is 9.97 Å². The molecule has 2 aromatic carbocycles. The number of nitrogens with one attached hydrogen (secondary N) is 1. The van der Waals surface area contributed by atoms with Crippen LogP contribution in [0.5, 0.6) is 0 Å². The lowest BCUT2D eigenvalue weighted by Crippen LogP contribution is -2.36. The van der Waals surface area contributed by atoms with Crippen LogP contribution in [0.3, 0.4) is 0 Å². The number of hydrogen-bond acceptors (Lipinski definition) is 8. The molecule has 0 amide bonds. The fraction of sp³-hybridized carbons (Fsp3) is 0.190. The first-order valence-corrected chi connectivity index (χ1v) is 11.0. The van der Waals surface area contributed by atoms with E-state index in [1.165, 1.54) is 0 Å². The summed E-state index contributed by atoms with van der Waals surface area (Å²) in [7, 11) is 0. The molecule has 1 saturated heterocycles. The lowest BCUT2D eigenvalue weighted by Gasteiger charge is -2.26. The highest BCUT2D eigenvalue weighted by Crippen LogP contribution is 2.32. The average Bonchev–Trinajstić information content (AvgIpc) is 3.39. The smallest absolute Gasteiger partial charge is 0.204 e. The molecule has 5 rings (SSSR count). The van der Waals surface area contributed by atoms with E-state index in [1.807, 2.05) is 42.6 Å². The molecule has 1 fully saturated rings. The molecule has 0 aliphatic carbocycles. The van der Waals surface area contributed by atoms with Crippen molar-refractivity contribution in [2.75, 3.05) is 36.6 Å². The summed E-state index contributed by atoms with van der Waals surface area (Å²) in [6, 6.07) is 18.3. The zero-order valence-corrected chi connectivity index (χ0v) is 17.2. The van der Waals surface area contributed by atoms with Crippen LogP contribution in [0, 0.1) is 0 Å². The van der Waals surface area contributed by atoms with Crippen molar-refractivity contribution in [3.63, 3.8) is 0 Å². The Kier molecular flexibility index (Phi) is 5.21. The minimum Gasteiger partial charge on any atom is -0.378 e. The van der Waals surface area contributed by atoms with E-state index in [9.17, 15) is 0 Å². The molecule has 0 radical (unpaired) electrons. The van der Waals surface area contributed by atoms with Gasteiger partial charge in [-0.05, 0) is 12.1 Å². The largest absolute Gasteiger partial charge is 0.378 e. The van der Waals surface area contributed by atoms with Gasteiger partial charge in [-0.2, -0.15) is 5.10 Å². The summed E-state index contributed by atoms with van der Waals surface area (Å²) >= 11 is 3.24. The Morgan fingerprint density at radius 2 is 1.76 bits per heavy atom. The summed E-state index contributed by atoms with van der Waals surface area (Å²) in [6.45, 7) is 3.20. The molecule has 0 bridgehead atoms. The highest BCUT2D eigenvalue weighted by Gasteiger charge is 2.18. The Bertz CT molecular complexity index is 1100. The van der Waals surface area contributed by atoms with Gasteiger partial charge in [-0.25, -0.2) is 9.97 Å². The molecule has 29 heavy (non-hydrogen) atoms. The predicted molar refractivity (Wildman–Crippen MR) is 121 cm³/mol.